The lowest BCUT2D eigenvalue weighted by molar-refractivity contribution is 0.376. The molecular formula is C14H19N5O. The van der Waals surface area contributed by atoms with Gasteiger partial charge in [0, 0.05) is 18.4 Å². The third kappa shape index (κ3) is 3.63. The van der Waals surface area contributed by atoms with Gasteiger partial charge in [-0.05, 0) is 25.0 Å². The number of nitrogens with one attached hydrogen (secondary N) is 1. The summed E-state index contributed by atoms with van der Waals surface area (Å²) in [6, 6.07) is 4.39. The van der Waals surface area contributed by atoms with Crippen molar-refractivity contribution in [3.63, 3.8) is 0 Å². The fourth-order valence-electron chi connectivity index (χ4n) is 1.74. The number of ether oxygens (including phenoxy) is 1. The van der Waals surface area contributed by atoms with E-state index in [0.29, 0.717) is 24.2 Å². The van der Waals surface area contributed by atoms with Gasteiger partial charge in [-0.1, -0.05) is 13.0 Å². The molecule has 0 amide bonds. The maximum atomic E-state index is 5.09. The van der Waals surface area contributed by atoms with Gasteiger partial charge in [-0.2, -0.15) is 15.0 Å². The van der Waals surface area contributed by atoms with Crippen molar-refractivity contribution in [3.8, 4) is 6.01 Å². The minimum Gasteiger partial charge on any atom is -0.467 e. The molecule has 0 aliphatic carbocycles. The highest BCUT2D eigenvalue weighted by Crippen LogP contribution is 2.11. The van der Waals surface area contributed by atoms with E-state index in [9.17, 15) is 0 Å². The Kier molecular flexibility index (Phi) is 4.81. The number of pyridine rings is 1. The van der Waals surface area contributed by atoms with Crippen LogP contribution in [-0.2, 0) is 12.8 Å². The van der Waals surface area contributed by atoms with Crippen molar-refractivity contribution in [3.05, 3.63) is 35.4 Å². The van der Waals surface area contributed by atoms with Crippen LogP contribution in [0.15, 0.2) is 18.3 Å². The predicted octanol–water partition coefficient (Wildman–Crippen LogP) is 1.86. The third-order valence-corrected chi connectivity index (χ3v) is 2.81. The summed E-state index contributed by atoms with van der Waals surface area (Å²) in [5.74, 6) is 1.17. The number of rotatable bonds is 6. The van der Waals surface area contributed by atoms with E-state index < -0.39 is 0 Å². The van der Waals surface area contributed by atoms with E-state index in [1.165, 1.54) is 5.56 Å². The molecule has 2 aromatic heterocycles. The molecule has 0 radical (unpaired) electrons. The van der Waals surface area contributed by atoms with Crippen LogP contribution in [0, 0.1) is 0 Å². The van der Waals surface area contributed by atoms with Crippen molar-refractivity contribution in [2.45, 2.75) is 26.7 Å². The molecule has 0 saturated carbocycles. The van der Waals surface area contributed by atoms with E-state index in [-0.39, 0.29) is 0 Å². The first-order chi connectivity index (χ1) is 9.75. The molecule has 0 atom stereocenters. The van der Waals surface area contributed by atoms with Crippen LogP contribution in [0.2, 0.25) is 0 Å². The fraction of sp³-hybridized carbons (Fsp3) is 0.429. The molecule has 106 valence electrons. The number of hydrogen-bond donors (Lipinski definition) is 1. The molecule has 2 heterocycles. The highest BCUT2D eigenvalue weighted by atomic mass is 16.5. The molecule has 0 saturated heterocycles. The van der Waals surface area contributed by atoms with Crippen molar-refractivity contribution in [2.75, 3.05) is 19.0 Å². The molecule has 2 rings (SSSR count). The van der Waals surface area contributed by atoms with Crippen LogP contribution in [0.5, 0.6) is 6.01 Å². The number of methoxy groups -OCH3 is 1. The average molecular weight is 273 g/mol. The van der Waals surface area contributed by atoms with Crippen LogP contribution >= 0.6 is 0 Å². The van der Waals surface area contributed by atoms with E-state index in [0.717, 1.165) is 18.7 Å². The smallest absolute Gasteiger partial charge is 0.321 e. The summed E-state index contributed by atoms with van der Waals surface area (Å²) in [5, 5.41) is 3.06. The second kappa shape index (κ2) is 6.79. The SMILES string of the molecule is CCNc1nc(Cc2ccc(CC)cn2)nc(OC)n1. The lowest BCUT2D eigenvalue weighted by Crippen LogP contribution is -2.09. The summed E-state index contributed by atoms with van der Waals surface area (Å²) in [7, 11) is 1.54. The molecule has 0 bridgehead atoms. The van der Waals surface area contributed by atoms with Crippen LogP contribution in [0.3, 0.4) is 0 Å². The van der Waals surface area contributed by atoms with Gasteiger partial charge in [-0.3, -0.25) is 4.98 Å². The van der Waals surface area contributed by atoms with Crippen LogP contribution in [-0.4, -0.2) is 33.6 Å². The van der Waals surface area contributed by atoms with Crippen molar-refractivity contribution in [2.24, 2.45) is 0 Å². The molecule has 6 nitrogen and oxygen atoms in total. The average Bonchev–Trinajstić information content (AvgIpc) is 2.48. The normalized spacial score (nSPS) is 10.3. The van der Waals surface area contributed by atoms with Gasteiger partial charge in [0.15, 0.2) is 0 Å². The lowest BCUT2D eigenvalue weighted by atomic mass is 10.2. The van der Waals surface area contributed by atoms with Crippen molar-refractivity contribution < 1.29 is 4.74 Å². The van der Waals surface area contributed by atoms with Crippen LogP contribution in [0.4, 0.5) is 5.95 Å². The molecule has 0 aromatic carbocycles. The monoisotopic (exact) mass is 273 g/mol. The quantitative estimate of drug-likeness (QED) is 0.866. The first kappa shape index (κ1) is 14.2. The molecule has 0 aliphatic rings. The Bertz CT molecular complexity index is 556. The van der Waals surface area contributed by atoms with Crippen molar-refractivity contribution >= 4 is 5.95 Å². The van der Waals surface area contributed by atoms with Gasteiger partial charge in [-0.15, -0.1) is 0 Å². The Morgan fingerprint density at radius 1 is 1.15 bits per heavy atom. The van der Waals surface area contributed by atoms with Gasteiger partial charge in [0.25, 0.3) is 0 Å². The van der Waals surface area contributed by atoms with E-state index in [1.54, 1.807) is 7.11 Å². The molecule has 1 N–H and O–H groups in total. The van der Waals surface area contributed by atoms with Gasteiger partial charge in [0.1, 0.15) is 5.82 Å². The van der Waals surface area contributed by atoms with Gasteiger partial charge in [0.2, 0.25) is 5.95 Å². The minimum atomic E-state index is 0.316. The Morgan fingerprint density at radius 3 is 2.60 bits per heavy atom. The standard InChI is InChI=1S/C14H19N5O/c1-4-10-6-7-11(16-9-10)8-12-17-13(15-5-2)19-14(18-12)20-3/h6-7,9H,4-5,8H2,1-3H3,(H,15,17,18,19). The van der Waals surface area contributed by atoms with Gasteiger partial charge in [0.05, 0.1) is 13.5 Å². The number of anilines is 1. The Balaban J connectivity index is 2.20. The topological polar surface area (TPSA) is 72.8 Å². The third-order valence-electron chi connectivity index (χ3n) is 2.81. The van der Waals surface area contributed by atoms with E-state index in [4.69, 9.17) is 4.74 Å². The van der Waals surface area contributed by atoms with E-state index in [1.807, 2.05) is 19.2 Å². The zero-order valence-corrected chi connectivity index (χ0v) is 12.1. The van der Waals surface area contributed by atoms with Gasteiger partial charge in [-0.25, -0.2) is 0 Å². The molecule has 0 aliphatic heterocycles. The highest BCUT2D eigenvalue weighted by Gasteiger charge is 2.08. The van der Waals surface area contributed by atoms with E-state index >= 15 is 0 Å². The second-order valence-electron chi connectivity index (χ2n) is 4.28. The molecule has 6 heteroatoms. The first-order valence-electron chi connectivity index (χ1n) is 6.71. The Morgan fingerprint density at radius 2 is 2.00 bits per heavy atom. The molecule has 2 aromatic rings. The second-order valence-corrected chi connectivity index (χ2v) is 4.28. The van der Waals surface area contributed by atoms with Gasteiger partial charge >= 0.3 is 6.01 Å². The molecule has 0 fully saturated rings. The largest absolute Gasteiger partial charge is 0.467 e. The number of aryl methyl sites for hydroxylation is 1. The maximum Gasteiger partial charge on any atom is 0.321 e. The van der Waals surface area contributed by atoms with E-state index in [2.05, 4.69) is 38.2 Å². The van der Waals surface area contributed by atoms with Gasteiger partial charge < -0.3 is 10.1 Å². The van der Waals surface area contributed by atoms with Crippen molar-refractivity contribution in [1.82, 2.24) is 19.9 Å². The number of hydrogen-bond acceptors (Lipinski definition) is 6. The summed E-state index contributed by atoms with van der Waals surface area (Å²) >= 11 is 0. The minimum absolute atomic E-state index is 0.316. The van der Waals surface area contributed by atoms with Crippen LogP contribution in [0.1, 0.15) is 30.9 Å². The predicted molar refractivity (Wildman–Crippen MR) is 77.0 cm³/mol. The molecule has 0 spiro atoms. The van der Waals surface area contributed by atoms with Crippen LogP contribution < -0.4 is 10.1 Å². The number of aromatic nitrogens is 4. The Labute approximate surface area is 118 Å². The van der Waals surface area contributed by atoms with Crippen LogP contribution in [0.25, 0.3) is 0 Å². The Hall–Kier alpha value is -2.24. The molecule has 0 unspecified atom stereocenters. The summed E-state index contributed by atoms with van der Waals surface area (Å²) in [6.07, 6.45) is 3.43. The summed E-state index contributed by atoms with van der Waals surface area (Å²) in [6.45, 7) is 4.84. The molecular weight excluding hydrogens is 254 g/mol. The summed E-state index contributed by atoms with van der Waals surface area (Å²) in [4.78, 5) is 17.2. The summed E-state index contributed by atoms with van der Waals surface area (Å²) in [5.41, 5.74) is 2.15. The zero-order valence-electron chi connectivity index (χ0n) is 12.1. The zero-order chi connectivity index (χ0) is 14.4. The highest BCUT2D eigenvalue weighted by molar-refractivity contribution is 5.27. The number of nitrogens with zero attached hydrogens (tertiary/aromatic N) is 4. The van der Waals surface area contributed by atoms with Crippen molar-refractivity contribution in [1.29, 1.82) is 0 Å². The maximum absolute atomic E-state index is 5.09. The molecule has 20 heavy (non-hydrogen) atoms. The summed E-state index contributed by atoms with van der Waals surface area (Å²) < 4.78 is 5.09. The lowest BCUT2D eigenvalue weighted by Gasteiger charge is -2.06. The first-order valence-corrected chi connectivity index (χ1v) is 6.71. The fourth-order valence-corrected chi connectivity index (χ4v) is 1.74.